The highest BCUT2D eigenvalue weighted by atomic mass is 19.1. The Balaban J connectivity index is 1.24. The Hall–Kier alpha value is -5.45. The third kappa shape index (κ3) is 5.07. The van der Waals surface area contributed by atoms with Crippen LogP contribution in [0, 0.1) is 5.82 Å². The van der Waals surface area contributed by atoms with Gasteiger partial charge in [0.15, 0.2) is 5.82 Å². The van der Waals surface area contributed by atoms with Crippen LogP contribution in [0.15, 0.2) is 79.1 Å². The molecule has 10 nitrogen and oxygen atoms in total. The molecule has 2 aliphatic rings. The Kier molecular flexibility index (Phi) is 6.91. The first-order valence-corrected chi connectivity index (χ1v) is 13.3. The third-order valence-corrected chi connectivity index (χ3v) is 7.25. The molecule has 11 heteroatoms. The number of rotatable bonds is 7. The Labute approximate surface area is 240 Å². The van der Waals surface area contributed by atoms with E-state index in [-0.39, 0.29) is 25.4 Å². The van der Waals surface area contributed by atoms with Gasteiger partial charge in [-0.3, -0.25) is 24.1 Å². The van der Waals surface area contributed by atoms with Crippen molar-refractivity contribution < 1.29 is 23.6 Å². The fraction of sp³-hybridized carbons (Fsp3) is 0.161. The van der Waals surface area contributed by atoms with Gasteiger partial charge in [-0.2, -0.15) is 0 Å². The van der Waals surface area contributed by atoms with Gasteiger partial charge in [0.2, 0.25) is 5.91 Å². The molecule has 0 unspecified atom stereocenters. The average Bonchev–Trinajstić information content (AvgIpc) is 3.21. The third-order valence-electron chi connectivity index (χ3n) is 7.25. The van der Waals surface area contributed by atoms with Crippen molar-refractivity contribution in [2.24, 2.45) is 0 Å². The zero-order valence-electron chi connectivity index (χ0n) is 22.5. The molecular weight excluding hydrogens is 539 g/mol. The molecule has 0 bridgehead atoms. The highest BCUT2D eigenvalue weighted by Crippen LogP contribution is 2.35. The minimum Gasteiger partial charge on any atom is -0.361 e. The van der Waals surface area contributed by atoms with Gasteiger partial charge in [-0.25, -0.2) is 14.4 Å². The van der Waals surface area contributed by atoms with Gasteiger partial charge in [0.05, 0.1) is 29.4 Å². The molecule has 2 N–H and O–H groups in total. The van der Waals surface area contributed by atoms with E-state index in [1.807, 2.05) is 0 Å². The highest BCUT2D eigenvalue weighted by Gasteiger charge is 2.36. The van der Waals surface area contributed by atoms with E-state index in [2.05, 4.69) is 20.6 Å². The Morgan fingerprint density at radius 3 is 2.38 bits per heavy atom. The number of imide groups is 1. The lowest BCUT2D eigenvalue weighted by molar-refractivity contribution is -0.115. The molecule has 0 aliphatic carbocycles. The summed E-state index contributed by atoms with van der Waals surface area (Å²) in [5.74, 6) is -1.48. The van der Waals surface area contributed by atoms with Crippen molar-refractivity contribution >= 4 is 35.1 Å². The number of carbonyl (C=O) groups excluding carboxylic acids is 4. The normalized spacial score (nSPS) is 14.8. The number of hydrogen-bond acceptors (Lipinski definition) is 7. The van der Waals surface area contributed by atoms with Crippen LogP contribution in [0.25, 0.3) is 11.3 Å². The minimum atomic E-state index is -0.688. The van der Waals surface area contributed by atoms with Gasteiger partial charge in [0.25, 0.3) is 17.7 Å². The summed E-state index contributed by atoms with van der Waals surface area (Å²) in [5, 5.41) is 5.67. The maximum atomic E-state index is 13.9. The zero-order valence-corrected chi connectivity index (χ0v) is 22.5. The van der Waals surface area contributed by atoms with Gasteiger partial charge in [0, 0.05) is 24.7 Å². The number of amides is 4. The van der Waals surface area contributed by atoms with Crippen LogP contribution < -0.4 is 15.5 Å². The summed E-state index contributed by atoms with van der Waals surface area (Å²) in [6, 6.07) is 18.6. The second-order valence-electron chi connectivity index (χ2n) is 10.2. The minimum absolute atomic E-state index is 0.0855. The number of likely N-dealkylation sites (N-methyl/N-ethyl adjacent to an activating group) is 1. The molecule has 0 saturated heterocycles. The van der Waals surface area contributed by atoms with Crippen LogP contribution in [-0.4, -0.2) is 64.7 Å². The van der Waals surface area contributed by atoms with Crippen molar-refractivity contribution in [2.75, 3.05) is 30.4 Å². The second kappa shape index (κ2) is 10.8. The van der Waals surface area contributed by atoms with Crippen molar-refractivity contribution in [1.29, 1.82) is 0 Å². The van der Waals surface area contributed by atoms with Crippen molar-refractivity contribution in [3.63, 3.8) is 0 Å². The van der Waals surface area contributed by atoms with Crippen LogP contribution in [0.4, 0.5) is 15.9 Å². The van der Waals surface area contributed by atoms with E-state index >= 15 is 0 Å². The number of nitrogens with zero attached hydrogens (tertiary/aromatic N) is 4. The summed E-state index contributed by atoms with van der Waals surface area (Å²) in [4.78, 5) is 62.8. The molecule has 3 aromatic carbocycles. The van der Waals surface area contributed by atoms with Crippen LogP contribution in [0.5, 0.6) is 0 Å². The predicted octanol–water partition coefficient (Wildman–Crippen LogP) is 3.31. The van der Waals surface area contributed by atoms with E-state index in [1.165, 1.54) is 18.5 Å². The first-order chi connectivity index (χ1) is 20.3. The van der Waals surface area contributed by atoms with E-state index in [4.69, 9.17) is 0 Å². The number of carbonyl (C=O) groups is 4. The molecule has 3 heterocycles. The standard InChI is InChI=1S/C31H25FN6O4/c1-37-16-25(39)36-28-27(37)26(33-17-34-28)19-9-11-20(12-10-19)29(40)35-22(14-18-5-4-6-21(32)13-18)15-38-30(41)23-7-2-3-8-24(23)31(38)42/h2-13,17,22H,14-16H2,1H3,(H,35,40)(H,33,34,36,39)/t22-/m0/s1. The fourth-order valence-electron chi connectivity index (χ4n) is 5.29. The lowest BCUT2D eigenvalue weighted by Crippen LogP contribution is -2.47. The van der Waals surface area contributed by atoms with Crippen LogP contribution >= 0.6 is 0 Å². The summed E-state index contributed by atoms with van der Waals surface area (Å²) in [5.41, 5.74) is 3.56. The number of halogens is 1. The van der Waals surface area contributed by atoms with Crippen molar-refractivity contribution in [3.05, 3.63) is 107 Å². The van der Waals surface area contributed by atoms with Gasteiger partial charge < -0.3 is 15.5 Å². The number of aromatic nitrogens is 2. The van der Waals surface area contributed by atoms with Gasteiger partial charge in [0.1, 0.15) is 17.8 Å². The van der Waals surface area contributed by atoms with Gasteiger partial charge in [-0.15, -0.1) is 0 Å². The number of anilines is 2. The smallest absolute Gasteiger partial charge is 0.261 e. The van der Waals surface area contributed by atoms with E-state index in [9.17, 15) is 23.6 Å². The quantitative estimate of drug-likeness (QED) is 0.330. The van der Waals surface area contributed by atoms with E-state index < -0.39 is 29.6 Å². The molecule has 2 aliphatic heterocycles. The maximum absolute atomic E-state index is 13.9. The number of hydrogen-bond donors (Lipinski definition) is 2. The molecule has 6 rings (SSSR count). The highest BCUT2D eigenvalue weighted by molar-refractivity contribution is 6.21. The van der Waals surface area contributed by atoms with Crippen LogP contribution in [0.2, 0.25) is 0 Å². The first kappa shape index (κ1) is 26.8. The maximum Gasteiger partial charge on any atom is 0.261 e. The Morgan fingerprint density at radius 1 is 0.976 bits per heavy atom. The second-order valence-corrected chi connectivity index (χ2v) is 10.2. The zero-order chi connectivity index (χ0) is 29.4. The molecule has 0 radical (unpaired) electrons. The largest absolute Gasteiger partial charge is 0.361 e. The summed E-state index contributed by atoms with van der Waals surface area (Å²) in [7, 11) is 1.78. The Bertz CT molecular complexity index is 1710. The Morgan fingerprint density at radius 2 is 1.69 bits per heavy atom. The van der Waals surface area contributed by atoms with Crippen LogP contribution in [0.1, 0.15) is 36.6 Å². The molecule has 0 saturated carbocycles. The monoisotopic (exact) mass is 564 g/mol. The molecule has 1 aromatic heterocycles. The lowest BCUT2D eigenvalue weighted by atomic mass is 10.0. The van der Waals surface area contributed by atoms with Crippen LogP contribution in [-0.2, 0) is 11.2 Å². The molecule has 0 spiro atoms. The van der Waals surface area contributed by atoms with E-state index in [1.54, 1.807) is 72.6 Å². The van der Waals surface area contributed by atoms with Crippen molar-refractivity contribution in [3.8, 4) is 11.3 Å². The molecule has 1 atom stereocenters. The van der Waals surface area contributed by atoms with Gasteiger partial charge in [-0.05, 0) is 48.4 Å². The topological polar surface area (TPSA) is 125 Å². The number of fused-ring (bicyclic) bond motifs is 2. The van der Waals surface area contributed by atoms with Gasteiger partial charge in [-0.1, -0.05) is 36.4 Å². The molecular formula is C31H25FN6O4. The fourth-order valence-corrected chi connectivity index (χ4v) is 5.29. The summed E-state index contributed by atoms with van der Waals surface area (Å²) < 4.78 is 13.9. The average molecular weight is 565 g/mol. The SMILES string of the molecule is CN1CC(=O)Nc2ncnc(-c3ccc(C(=O)N[C@@H](Cc4cccc(F)c4)CN4C(=O)c5ccccc5C4=O)cc3)c21. The molecule has 4 aromatic rings. The van der Waals surface area contributed by atoms with E-state index in [0.717, 1.165) is 10.5 Å². The molecule has 4 amide bonds. The summed E-state index contributed by atoms with van der Waals surface area (Å²) >= 11 is 0. The molecule has 0 fully saturated rings. The number of nitrogens with one attached hydrogen (secondary N) is 2. The summed E-state index contributed by atoms with van der Waals surface area (Å²) in [6.07, 6.45) is 1.56. The summed E-state index contributed by atoms with van der Waals surface area (Å²) in [6.45, 7) is 0.0749. The van der Waals surface area contributed by atoms with Gasteiger partial charge >= 0.3 is 0 Å². The van der Waals surface area contributed by atoms with Crippen molar-refractivity contribution in [1.82, 2.24) is 20.2 Å². The van der Waals surface area contributed by atoms with E-state index in [0.29, 0.717) is 39.5 Å². The van der Waals surface area contributed by atoms with Crippen LogP contribution in [0.3, 0.4) is 0 Å². The molecule has 42 heavy (non-hydrogen) atoms. The molecule has 210 valence electrons. The van der Waals surface area contributed by atoms with Crippen molar-refractivity contribution in [2.45, 2.75) is 12.5 Å². The lowest BCUT2D eigenvalue weighted by Gasteiger charge is -2.27. The predicted molar refractivity (Wildman–Crippen MR) is 153 cm³/mol. The first-order valence-electron chi connectivity index (χ1n) is 13.3. The number of benzene rings is 3.